The number of benzene rings is 1. The molecule has 0 atom stereocenters. The van der Waals surface area contributed by atoms with Crippen molar-refractivity contribution in [2.24, 2.45) is 0 Å². The molecule has 1 aromatic carbocycles. The molecule has 0 aliphatic carbocycles. The normalized spacial score (nSPS) is 11.2. The van der Waals surface area contributed by atoms with Gasteiger partial charge in [0.15, 0.2) is 0 Å². The summed E-state index contributed by atoms with van der Waals surface area (Å²) in [5.74, 6) is -1.10. The van der Waals surface area contributed by atoms with Gasteiger partial charge in [-0.2, -0.15) is 0 Å². The summed E-state index contributed by atoms with van der Waals surface area (Å²) in [6.45, 7) is 4.19. The van der Waals surface area contributed by atoms with Gasteiger partial charge in [0.1, 0.15) is 0 Å². The molecule has 0 radical (unpaired) electrons. The number of aryl methyl sites for hydroxylation is 1. The lowest BCUT2D eigenvalue weighted by Crippen LogP contribution is -2.21. The van der Waals surface area contributed by atoms with Crippen LogP contribution < -0.4 is 5.11 Å². The minimum Gasteiger partial charge on any atom is -0.545 e. The van der Waals surface area contributed by atoms with Crippen molar-refractivity contribution in [2.45, 2.75) is 142 Å². The standard InChI is InChI=1S/C31H54O3/c1-2-3-4-5-6-7-11-14-17-20-27-34-28-21-18-15-12-9-8-10-13-16-19-22-29-23-25-30(26-24-29)31(32)33/h23-26H,2-22,27-28H2,1H3,(H,32,33)/p-1. The molecule has 1 aromatic rings. The Morgan fingerprint density at radius 3 is 1.38 bits per heavy atom. The van der Waals surface area contributed by atoms with Gasteiger partial charge in [0, 0.05) is 13.2 Å². The van der Waals surface area contributed by atoms with Crippen molar-refractivity contribution in [1.29, 1.82) is 0 Å². The van der Waals surface area contributed by atoms with E-state index in [0.717, 1.165) is 19.6 Å². The number of unbranched alkanes of at least 4 members (excludes halogenated alkanes) is 18. The molecule has 0 saturated carbocycles. The topological polar surface area (TPSA) is 49.4 Å². The zero-order valence-electron chi connectivity index (χ0n) is 22.3. The van der Waals surface area contributed by atoms with E-state index in [1.165, 1.54) is 134 Å². The first-order chi connectivity index (χ1) is 16.7. The fourth-order valence-corrected chi connectivity index (χ4v) is 4.55. The van der Waals surface area contributed by atoms with Crippen molar-refractivity contribution < 1.29 is 14.6 Å². The molecule has 0 heterocycles. The van der Waals surface area contributed by atoms with Gasteiger partial charge < -0.3 is 14.6 Å². The molecule has 0 aromatic heterocycles. The molecule has 0 aliphatic rings. The van der Waals surface area contributed by atoms with E-state index in [-0.39, 0.29) is 5.56 Å². The second-order valence-corrected chi connectivity index (χ2v) is 10.1. The van der Waals surface area contributed by atoms with E-state index in [1.807, 2.05) is 12.1 Å². The Morgan fingerprint density at radius 2 is 0.971 bits per heavy atom. The third-order valence-corrected chi connectivity index (χ3v) is 6.84. The second-order valence-electron chi connectivity index (χ2n) is 10.1. The van der Waals surface area contributed by atoms with Crippen molar-refractivity contribution in [3.63, 3.8) is 0 Å². The van der Waals surface area contributed by atoms with E-state index in [0.29, 0.717) is 0 Å². The smallest absolute Gasteiger partial charge is 0.0715 e. The van der Waals surface area contributed by atoms with Crippen LogP contribution in [0.5, 0.6) is 0 Å². The number of ether oxygens (including phenoxy) is 1. The number of carboxylic acids is 1. The van der Waals surface area contributed by atoms with Gasteiger partial charge in [-0.3, -0.25) is 0 Å². The van der Waals surface area contributed by atoms with E-state index < -0.39 is 5.97 Å². The van der Waals surface area contributed by atoms with Crippen LogP contribution in [-0.2, 0) is 11.2 Å². The number of hydrogen-bond acceptors (Lipinski definition) is 3. The summed E-state index contributed by atoms with van der Waals surface area (Å²) in [7, 11) is 0. The molecule has 196 valence electrons. The lowest BCUT2D eigenvalue weighted by molar-refractivity contribution is -0.255. The Labute approximate surface area is 211 Å². The first kappa shape index (κ1) is 30.7. The van der Waals surface area contributed by atoms with Gasteiger partial charge >= 0.3 is 0 Å². The van der Waals surface area contributed by atoms with E-state index in [1.54, 1.807) is 12.1 Å². The quantitative estimate of drug-likeness (QED) is 0.134. The maximum Gasteiger partial charge on any atom is 0.0715 e. The highest BCUT2D eigenvalue weighted by Crippen LogP contribution is 2.14. The predicted molar refractivity (Wildman–Crippen MR) is 143 cm³/mol. The van der Waals surface area contributed by atoms with Crippen LogP contribution in [0.15, 0.2) is 24.3 Å². The van der Waals surface area contributed by atoms with Crippen molar-refractivity contribution in [3.8, 4) is 0 Å². The van der Waals surface area contributed by atoms with E-state index >= 15 is 0 Å². The lowest BCUT2D eigenvalue weighted by atomic mass is 10.0. The molecule has 0 saturated heterocycles. The molecular formula is C31H53O3-. The summed E-state index contributed by atoms with van der Waals surface area (Å²) in [5.41, 5.74) is 1.48. The number of carbonyl (C=O) groups excluding carboxylic acids is 1. The SMILES string of the molecule is CCCCCCCCCCCCOCCCCCCCCCCCCc1ccc(C(=O)[O-])cc1. The molecular weight excluding hydrogens is 420 g/mol. The minimum absolute atomic E-state index is 0.264. The third-order valence-electron chi connectivity index (χ3n) is 6.84. The fraction of sp³-hybridized carbons (Fsp3) is 0.774. The van der Waals surface area contributed by atoms with Crippen LogP contribution in [0.25, 0.3) is 0 Å². The summed E-state index contributed by atoms with van der Waals surface area (Å²) < 4.78 is 5.81. The first-order valence-corrected chi connectivity index (χ1v) is 14.6. The molecule has 3 heteroatoms. The van der Waals surface area contributed by atoms with Gasteiger partial charge in [-0.05, 0) is 36.8 Å². The van der Waals surface area contributed by atoms with Gasteiger partial charge in [0.05, 0.1) is 5.97 Å². The van der Waals surface area contributed by atoms with E-state index in [4.69, 9.17) is 4.74 Å². The van der Waals surface area contributed by atoms with Gasteiger partial charge in [-0.25, -0.2) is 0 Å². The summed E-state index contributed by atoms with van der Waals surface area (Å²) in [5, 5.41) is 10.8. The Kier molecular flexibility index (Phi) is 21.1. The maximum absolute atomic E-state index is 10.8. The summed E-state index contributed by atoms with van der Waals surface area (Å²) in [6.07, 6.45) is 28.0. The third kappa shape index (κ3) is 19.0. The van der Waals surface area contributed by atoms with Gasteiger partial charge in [-0.1, -0.05) is 140 Å². The molecule has 0 fully saturated rings. The van der Waals surface area contributed by atoms with Gasteiger partial charge in [0.2, 0.25) is 0 Å². The largest absolute Gasteiger partial charge is 0.545 e. The van der Waals surface area contributed by atoms with Crippen LogP contribution in [0, 0.1) is 0 Å². The molecule has 0 amide bonds. The minimum atomic E-state index is -1.10. The highest BCUT2D eigenvalue weighted by Gasteiger charge is 1.98. The zero-order chi connectivity index (χ0) is 24.5. The molecule has 1 rings (SSSR count). The molecule has 3 nitrogen and oxygen atoms in total. The zero-order valence-corrected chi connectivity index (χ0v) is 22.3. The monoisotopic (exact) mass is 473 g/mol. The van der Waals surface area contributed by atoms with E-state index in [2.05, 4.69) is 6.92 Å². The Hall–Kier alpha value is -1.35. The van der Waals surface area contributed by atoms with Crippen LogP contribution >= 0.6 is 0 Å². The van der Waals surface area contributed by atoms with E-state index in [9.17, 15) is 9.90 Å². The molecule has 0 aliphatic heterocycles. The highest BCUT2D eigenvalue weighted by molar-refractivity contribution is 5.85. The number of carboxylic acid groups (broad SMARTS) is 1. The van der Waals surface area contributed by atoms with Gasteiger partial charge in [0.25, 0.3) is 0 Å². The summed E-state index contributed by atoms with van der Waals surface area (Å²) in [6, 6.07) is 7.12. The van der Waals surface area contributed by atoms with Crippen molar-refractivity contribution >= 4 is 5.97 Å². The van der Waals surface area contributed by atoms with Gasteiger partial charge in [-0.15, -0.1) is 0 Å². The predicted octanol–water partition coefficient (Wildman–Crippen LogP) is 8.43. The number of rotatable bonds is 25. The van der Waals surface area contributed by atoms with Crippen molar-refractivity contribution in [2.75, 3.05) is 13.2 Å². The van der Waals surface area contributed by atoms with Crippen molar-refractivity contribution in [3.05, 3.63) is 35.4 Å². The van der Waals surface area contributed by atoms with Crippen LogP contribution in [0.4, 0.5) is 0 Å². The molecule has 0 N–H and O–H groups in total. The highest BCUT2D eigenvalue weighted by atomic mass is 16.5. The number of aromatic carboxylic acids is 1. The molecule has 0 unspecified atom stereocenters. The van der Waals surface area contributed by atoms with Crippen LogP contribution in [0.1, 0.15) is 151 Å². The Bertz CT molecular complexity index is 567. The Morgan fingerprint density at radius 1 is 0.588 bits per heavy atom. The first-order valence-electron chi connectivity index (χ1n) is 14.6. The number of carbonyl (C=O) groups is 1. The summed E-state index contributed by atoms with van der Waals surface area (Å²) >= 11 is 0. The molecule has 0 spiro atoms. The number of hydrogen-bond donors (Lipinski definition) is 0. The average molecular weight is 474 g/mol. The van der Waals surface area contributed by atoms with Crippen LogP contribution in [-0.4, -0.2) is 19.2 Å². The molecule has 0 bridgehead atoms. The fourth-order valence-electron chi connectivity index (χ4n) is 4.55. The second kappa shape index (κ2) is 23.4. The lowest BCUT2D eigenvalue weighted by Gasteiger charge is -2.06. The van der Waals surface area contributed by atoms with Crippen LogP contribution in [0.2, 0.25) is 0 Å². The van der Waals surface area contributed by atoms with Crippen molar-refractivity contribution in [1.82, 2.24) is 0 Å². The summed E-state index contributed by atoms with van der Waals surface area (Å²) in [4.78, 5) is 10.8. The van der Waals surface area contributed by atoms with Crippen LogP contribution in [0.3, 0.4) is 0 Å². The molecule has 34 heavy (non-hydrogen) atoms. The average Bonchev–Trinajstić information content (AvgIpc) is 2.84. The maximum atomic E-state index is 10.8. The Balaban J connectivity index is 1.71.